The first-order chi connectivity index (χ1) is 14.1. The molecule has 0 saturated carbocycles. The number of benzene rings is 2. The maximum atomic E-state index is 12.4. The van der Waals surface area contributed by atoms with Gasteiger partial charge in [0.1, 0.15) is 6.33 Å². The highest BCUT2D eigenvalue weighted by atomic mass is 16.5. The number of ether oxygens (including phenoxy) is 1. The maximum Gasteiger partial charge on any atom is 0.338 e. The molecule has 9 heteroatoms. The van der Waals surface area contributed by atoms with Gasteiger partial charge in [-0.05, 0) is 53.2 Å². The van der Waals surface area contributed by atoms with Crippen LogP contribution < -0.4 is 4.90 Å². The Hall–Kier alpha value is -3.88. The van der Waals surface area contributed by atoms with Crippen LogP contribution in [0.5, 0.6) is 0 Å². The van der Waals surface area contributed by atoms with Gasteiger partial charge in [0.2, 0.25) is 5.91 Å². The molecule has 9 nitrogen and oxygen atoms in total. The first kappa shape index (κ1) is 18.5. The molecule has 1 aliphatic heterocycles. The van der Waals surface area contributed by atoms with E-state index in [9.17, 15) is 14.4 Å². The number of ketones is 1. The van der Waals surface area contributed by atoms with E-state index in [-0.39, 0.29) is 18.3 Å². The standard InChI is InChI=1S/C20H17N5O4/c26-18(15-3-1-4-17(11-15)24-10-2-5-19(24)27)12-29-20(28)14-6-8-16(9-7-14)25-13-21-22-23-25/h1,3-4,6-9,11,13H,2,5,10,12H2. The number of anilines is 1. The predicted octanol–water partition coefficient (Wildman–Crippen LogP) is 1.83. The fourth-order valence-corrected chi connectivity index (χ4v) is 3.10. The van der Waals surface area contributed by atoms with Crippen molar-refractivity contribution in [2.24, 2.45) is 0 Å². The molecule has 1 fully saturated rings. The fourth-order valence-electron chi connectivity index (χ4n) is 3.10. The van der Waals surface area contributed by atoms with Crippen molar-refractivity contribution in [1.82, 2.24) is 20.2 Å². The molecular weight excluding hydrogens is 374 g/mol. The number of Topliss-reactive ketones (excluding diaryl/α,β-unsaturated/α-hetero) is 1. The van der Waals surface area contributed by atoms with Gasteiger partial charge in [0, 0.05) is 24.2 Å². The van der Waals surface area contributed by atoms with Crippen LogP contribution in [0.4, 0.5) is 5.69 Å². The van der Waals surface area contributed by atoms with Crippen molar-refractivity contribution in [3.05, 3.63) is 66.0 Å². The van der Waals surface area contributed by atoms with E-state index in [0.717, 1.165) is 6.42 Å². The lowest BCUT2D eigenvalue weighted by atomic mass is 10.1. The number of aromatic nitrogens is 4. The summed E-state index contributed by atoms with van der Waals surface area (Å²) in [6, 6.07) is 13.3. The lowest BCUT2D eigenvalue weighted by Crippen LogP contribution is -2.24. The number of amides is 1. The molecule has 1 amide bonds. The van der Waals surface area contributed by atoms with E-state index >= 15 is 0 Å². The Morgan fingerprint density at radius 1 is 1.03 bits per heavy atom. The number of nitrogens with zero attached hydrogens (tertiary/aromatic N) is 5. The highest BCUT2D eigenvalue weighted by Gasteiger charge is 2.22. The smallest absolute Gasteiger partial charge is 0.338 e. The topological polar surface area (TPSA) is 107 Å². The van der Waals surface area contributed by atoms with Crippen LogP contribution in [0.25, 0.3) is 5.69 Å². The summed E-state index contributed by atoms with van der Waals surface area (Å²) in [6.07, 6.45) is 2.76. The van der Waals surface area contributed by atoms with Gasteiger partial charge in [-0.2, -0.15) is 0 Å². The van der Waals surface area contributed by atoms with Crippen molar-refractivity contribution in [2.75, 3.05) is 18.1 Å². The Balaban J connectivity index is 1.38. The van der Waals surface area contributed by atoms with Crippen molar-refractivity contribution in [3.63, 3.8) is 0 Å². The first-order valence-corrected chi connectivity index (χ1v) is 9.06. The van der Waals surface area contributed by atoms with E-state index < -0.39 is 5.97 Å². The maximum absolute atomic E-state index is 12.4. The minimum Gasteiger partial charge on any atom is -0.454 e. The second-order valence-corrected chi connectivity index (χ2v) is 6.50. The van der Waals surface area contributed by atoms with Crippen LogP contribution in [0.3, 0.4) is 0 Å². The van der Waals surface area contributed by atoms with Crippen LogP contribution in [0.1, 0.15) is 33.6 Å². The Labute approximate surface area is 165 Å². The van der Waals surface area contributed by atoms with Crippen molar-refractivity contribution in [1.29, 1.82) is 0 Å². The molecule has 3 aromatic rings. The summed E-state index contributed by atoms with van der Waals surface area (Å²) in [5.41, 5.74) is 2.08. The van der Waals surface area contributed by atoms with Crippen LogP contribution in [0.2, 0.25) is 0 Å². The molecule has 4 rings (SSSR count). The fraction of sp³-hybridized carbons (Fsp3) is 0.200. The molecule has 2 heterocycles. The number of hydrogen-bond donors (Lipinski definition) is 0. The van der Waals surface area contributed by atoms with Gasteiger partial charge in [0.25, 0.3) is 0 Å². The zero-order valence-corrected chi connectivity index (χ0v) is 15.4. The van der Waals surface area contributed by atoms with Gasteiger partial charge in [-0.1, -0.05) is 12.1 Å². The van der Waals surface area contributed by atoms with Crippen molar-refractivity contribution >= 4 is 23.3 Å². The number of hydrogen-bond acceptors (Lipinski definition) is 7. The molecule has 2 aromatic carbocycles. The summed E-state index contributed by atoms with van der Waals surface area (Å²) in [7, 11) is 0. The zero-order valence-electron chi connectivity index (χ0n) is 15.4. The summed E-state index contributed by atoms with van der Waals surface area (Å²) >= 11 is 0. The third-order valence-corrected chi connectivity index (χ3v) is 4.60. The lowest BCUT2D eigenvalue weighted by molar-refractivity contribution is -0.117. The van der Waals surface area contributed by atoms with Gasteiger partial charge in [0.15, 0.2) is 12.4 Å². The van der Waals surface area contributed by atoms with E-state index in [1.807, 2.05) is 0 Å². The Morgan fingerprint density at radius 2 is 1.86 bits per heavy atom. The van der Waals surface area contributed by atoms with Gasteiger partial charge in [-0.25, -0.2) is 9.48 Å². The quantitative estimate of drug-likeness (QED) is 0.466. The molecule has 0 aliphatic carbocycles. The monoisotopic (exact) mass is 391 g/mol. The van der Waals surface area contributed by atoms with Gasteiger partial charge in [0.05, 0.1) is 11.3 Å². The SMILES string of the molecule is O=C(COC(=O)c1ccc(-n2cnnn2)cc1)c1cccc(N2CCCC2=O)c1. The molecule has 0 atom stereocenters. The van der Waals surface area contributed by atoms with Crippen molar-refractivity contribution in [2.45, 2.75) is 12.8 Å². The number of esters is 1. The van der Waals surface area contributed by atoms with Gasteiger partial charge in [-0.15, -0.1) is 5.10 Å². The van der Waals surface area contributed by atoms with Crippen molar-refractivity contribution in [3.8, 4) is 5.69 Å². The Bertz CT molecular complexity index is 1050. The third kappa shape index (κ3) is 4.03. The summed E-state index contributed by atoms with van der Waals surface area (Å²) in [6.45, 7) is 0.261. The largest absolute Gasteiger partial charge is 0.454 e. The van der Waals surface area contributed by atoms with Gasteiger partial charge < -0.3 is 9.64 Å². The van der Waals surface area contributed by atoms with Crippen LogP contribution in [-0.2, 0) is 9.53 Å². The van der Waals surface area contributed by atoms with Crippen LogP contribution in [0.15, 0.2) is 54.9 Å². The summed E-state index contributed by atoms with van der Waals surface area (Å²) in [5.74, 6) is -0.893. The lowest BCUT2D eigenvalue weighted by Gasteiger charge is -2.16. The van der Waals surface area contributed by atoms with Gasteiger partial charge in [-0.3, -0.25) is 9.59 Å². The average molecular weight is 391 g/mol. The molecule has 0 radical (unpaired) electrons. The summed E-state index contributed by atoms with van der Waals surface area (Å²) < 4.78 is 6.60. The molecule has 146 valence electrons. The van der Waals surface area contributed by atoms with Crippen LogP contribution >= 0.6 is 0 Å². The summed E-state index contributed by atoms with van der Waals surface area (Å²) in [4.78, 5) is 38.2. The van der Waals surface area contributed by atoms with Crippen molar-refractivity contribution < 1.29 is 19.1 Å². The molecular formula is C20H17N5O4. The zero-order chi connectivity index (χ0) is 20.2. The van der Waals surface area contributed by atoms with E-state index in [2.05, 4.69) is 15.5 Å². The number of carbonyl (C=O) groups excluding carboxylic acids is 3. The van der Waals surface area contributed by atoms with Crippen LogP contribution in [-0.4, -0.2) is 51.0 Å². The first-order valence-electron chi connectivity index (χ1n) is 9.06. The van der Waals surface area contributed by atoms with E-state index in [0.29, 0.717) is 35.5 Å². The van der Waals surface area contributed by atoms with E-state index in [1.165, 1.54) is 11.0 Å². The third-order valence-electron chi connectivity index (χ3n) is 4.60. The summed E-state index contributed by atoms with van der Waals surface area (Å²) in [5, 5.41) is 10.9. The van der Waals surface area contributed by atoms with E-state index in [1.54, 1.807) is 53.4 Å². The van der Waals surface area contributed by atoms with Gasteiger partial charge >= 0.3 is 5.97 Å². The molecule has 0 unspecified atom stereocenters. The van der Waals surface area contributed by atoms with E-state index in [4.69, 9.17) is 4.74 Å². The molecule has 29 heavy (non-hydrogen) atoms. The second-order valence-electron chi connectivity index (χ2n) is 6.50. The number of rotatable bonds is 6. The molecule has 0 spiro atoms. The number of carbonyl (C=O) groups is 3. The molecule has 1 aromatic heterocycles. The Morgan fingerprint density at radius 3 is 2.55 bits per heavy atom. The Kier molecular flexibility index (Phi) is 5.10. The highest BCUT2D eigenvalue weighted by Crippen LogP contribution is 2.22. The average Bonchev–Trinajstić information content (AvgIpc) is 3.44. The number of tetrazole rings is 1. The molecule has 1 saturated heterocycles. The molecule has 1 aliphatic rings. The highest BCUT2D eigenvalue weighted by molar-refractivity contribution is 6.01. The normalized spacial score (nSPS) is 13.5. The predicted molar refractivity (Wildman–Crippen MR) is 102 cm³/mol. The minimum absolute atomic E-state index is 0.0474. The van der Waals surface area contributed by atoms with Crippen LogP contribution in [0, 0.1) is 0 Å². The molecule has 0 bridgehead atoms. The molecule has 0 N–H and O–H groups in total. The minimum atomic E-state index is -0.604. The second kappa shape index (κ2) is 8.01.